The van der Waals surface area contributed by atoms with Gasteiger partial charge in [-0.25, -0.2) is 14.8 Å². The fourth-order valence-electron chi connectivity index (χ4n) is 6.33. The van der Waals surface area contributed by atoms with E-state index in [1.165, 1.54) is 16.3 Å². The number of aryl methyl sites for hydroxylation is 2. The quantitative estimate of drug-likeness (QED) is 0.200. The van der Waals surface area contributed by atoms with E-state index in [0.717, 1.165) is 55.8 Å². The summed E-state index contributed by atoms with van der Waals surface area (Å²) < 4.78 is 3.37. The third kappa shape index (κ3) is 4.79. The van der Waals surface area contributed by atoms with Crippen LogP contribution in [0.2, 0.25) is 0 Å². The standard InChI is InChI=1S/C41H30N4O/c1-44-38-22-21-30(25-39(38)45(2)41(44)46)29-15-8-17-32(23-29)36-26-37(43-40(42-36)28-12-4-3-5-13-28)33-18-9-16-31(24-33)35-20-10-14-27-11-6-7-19-34(27)35/h3-26H,1-2H3. The molecule has 0 saturated carbocycles. The van der Waals surface area contributed by atoms with Crippen molar-refractivity contribution < 1.29 is 0 Å². The van der Waals surface area contributed by atoms with Gasteiger partial charge in [-0.05, 0) is 63.4 Å². The Balaban J connectivity index is 1.26. The molecule has 0 aliphatic carbocycles. The van der Waals surface area contributed by atoms with Gasteiger partial charge < -0.3 is 0 Å². The summed E-state index contributed by atoms with van der Waals surface area (Å²) in [5.74, 6) is 0.676. The first-order valence-electron chi connectivity index (χ1n) is 15.3. The molecule has 0 aliphatic rings. The molecule has 0 saturated heterocycles. The Morgan fingerprint density at radius 1 is 0.457 bits per heavy atom. The summed E-state index contributed by atoms with van der Waals surface area (Å²) in [6.45, 7) is 0. The number of aromatic nitrogens is 4. The molecule has 220 valence electrons. The van der Waals surface area contributed by atoms with E-state index in [9.17, 15) is 4.79 Å². The summed E-state index contributed by atoms with van der Waals surface area (Å²) in [5.41, 5.74) is 10.9. The molecule has 2 heterocycles. The normalized spacial score (nSPS) is 11.3. The number of hydrogen-bond acceptors (Lipinski definition) is 3. The molecule has 8 rings (SSSR count). The van der Waals surface area contributed by atoms with E-state index in [1.807, 2.05) is 43.4 Å². The van der Waals surface area contributed by atoms with E-state index in [2.05, 4.69) is 109 Å². The summed E-state index contributed by atoms with van der Waals surface area (Å²) in [4.78, 5) is 22.7. The molecule has 0 bridgehead atoms. The Labute approximate surface area is 266 Å². The molecule has 0 N–H and O–H groups in total. The minimum atomic E-state index is -0.0348. The fraction of sp³-hybridized carbons (Fsp3) is 0.0488. The lowest BCUT2D eigenvalue weighted by atomic mass is 9.96. The van der Waals surface area contributed by atoms with E-state index >= 15 is 0 Å². The van der Waals surface area contributed by atoms with Gasteiger partial charge in [0.15, 0.2) is 5.82 Å². The molecule has 0 amide bonds. The molecule has 0 unspecified atom stereocenters. The van der Waals surface area contributed by atoms with Crippen LogP contribution in [0.5, 0.6) is 0 Å². The van der Waals surface area contributed by atoms with Crippen LogP contribution in [0.4, 0.5) is 0 Å². The highest BCUT2D eigenvalue weighted by Gasteiger charge is 2.14. The predicted octanol–water partition coefficient (Wildman–Crippen LogP) is 9.16. The fourth-order valence-corrected chi connectivity index (χ4v) is 6.33. The highest BCUT2D eigenvalue weighted by Crippen LogP contribution is 2.34. The third-order valence-corrected chi connectivity index (χ3v) is 8.78. The first kappa shape index (κ1) is 27.5. The summed E-state index contributed by atoms with van der Waals surface area (Å²) in [5, 5.41) is 2.44. The van der Waals surface area contributed by atoms with Crippen molar-refractivity contribution in [3.05, 3.63) is 156 Å². The van der Waals surface area contributed by atoms with Gasteiger partial charge in [-0.3, -0.25) is 9.13 Å². The molecule has 0 radical (unpaired) electrons. The van der Waals surface area contributed by atoms with Crippen molar-refractivity contribution >= 4 is 21.8 Å². The molecular weight excluding hydrogens is 564 g/mol. The molecule has 6 aromatic carbocycles. The zero-order chi connectivity index (χ0) is 31.2. The topological polar surface area (TPSA) is 52.7 Å². The minimum absolute atomic E-state index is 0.0348. The molecule has 2 aromatic heterocycles. The van der Waals surface area contributed by atoms with Crippen LogP contribution in [0, 0.1) is 0 Å². The van der Waals surface area contributed by atoms with Crippen LogP contribution in [-0.2, 0) is 14.1 Å². The van der Waals surface area contributed by atoms with Crippen LogP contribution in [0.3, 0.4) is 0 Å². The average Bonchev–Trinajstić information content (AvgIpc) is 3.34. The highest BCUT2D eigenvalue weighted by molar-refractivity contribution is 5.97. The van der Waals surface area contributed by atoms with Gasteiger partial charge in [0.2, 0.25) is 0 Å². The van der Waals surface area contributed by atoms with Crippen molar-refractivity contribution in [3.63, 3.8) is 0 Å². The van der Waals surface area contributed by atoms with Crippen LogP contribution in [0.15, 0.2) is 150 Å². The van der Waals surface area contributed by atoms with Gasteiger partial charge in [0.1, 0.15) is 0 Å². The Kier molecular flexibility index (Phi) is 6.65. The average molecular weight is 595 g/mol. The maximum atomic E-state index is 12.5. The summed E-state index contributed by atoms with van der Waals surface area (Å²) in [6, 6.07) is 50.3. The smallest absolute Gasteiger partial charge is 0.295 e. The molecule has 0 spiro atoms. The minimum Gasteiger partial charge on any atom is -0.295 e. The van der Waals surface area contributed by atoms with Gasteiger partial charge in [0, 0.05) is 30.8 Å². The second-order valence-corrected chi connectivity index (χ2v) is 11.6. The number of imidazole rings is 1. The molecular formula is C41H30N4O. The van der Waals surface area contributed by atoms with Crippen LogP contribution in [0.1, 0.15) is 0 Å². The molecule has 46 heavy (non-hydrogen) atoms. The number of rotatable bonds is 5. The van der Waals surface area contributed by atoms with Crippen molar-refractivity contribution in [1.82, 2.24) is 19.1 Å². The van der Waals surface area contributed by atoms with Gasteiger partial charge in [-0.2, -0.15) is 0 Å². The lowest BCUT2D eigenvalue weighted by Crippen LogP contribution is -2.19. The molecule has 0 aliphatic heterocycles. The highest BCUT2D eigenvalue weighted by atomic mass is 16.1. The maximum absolute atomic E-state index is 12.5. The zero-order valence-corrected chi connectivity index (χ0v) is 25.6. The Hall–Kier alpha value is -6.07. The summed E-state index contributed by atoms with van der Waals surface area (Å²) in [6.07, 6.45) is 0. The second-order valence-electron chi connectivity index (χ2n) is 11.6. The summed E-state index contributed by atoms with van der Waals surface area (Å²) >= 11 is 0. The lowest BCUT2D eigenvalue weighted by Gasteiger charge is -2.12. The van der Waals surface area contributed by atoms with Crippen molar-refractivity contribution in [1.29, 1.82) is 0 Å². The van der Waals surface area contributed by atoms with E-state index in [1.54, 1.807) is 16.2 Å². The van der Waals surface area contributed by atoms with E-state index < -0.39 is 0 Å². The first-order chi connectivity index (χ1) is 22.5. The van der Waals surface area contributed by atoms with Crippen molar-refractivity contribution in [3.8, 4) is 56.2 Å². The zero-order valence-electron chi connectivity index (χ0n) is 25.6. The van der Waals surface area contributed by atoms with Gasteiger partial charge in [0.05, 0.1) is 22.4 Å². The van der Waals surface area contributed by atoms with Crippen LogP contribution in [0.25, 0.3) is 78.0 Å². The molecule has 8 aromatic rings. The van der Waals surface area contributed by atoms with Gasteiger partial charge in [-0.15, -0.1) is 0 Å². The van der Waals surface area contributed by atoms with Gasteiger partial charge >= 0.3 is 5.69 Å². The van der Waals surface area contributed by atoms with Gasteiger partial charge in [-0.1, -0.05) is 115 Å². The predicted molar refractivity (Wildman–Crippen MR) is 188 cm³/mol. The Morgan fingerprint density at radius 3 is 1.80 bits per heavy atom. The number of fused-ring (bicyclic) bond motifs is 2. The summed E-state index contributed by atoms with van der Waals surface area (Å²) in [7, 11) is 3.62. The lowest BCUT2D eigenvalue weighted by molar-refractivity contribution is 0.795. The monoisotopic (exact) mass is 594 g/mol. The van der Waals surface area contributed by atoms with Gasteiger partial charge in [0.25, 0.3) is 0 Å². The first-order valence-corrected chi connectivity index (χ1v) is 15.3. The number of hydrogen-bond donors (Lipinski definition) is 0. The molecule has 0 atom stereocenters. The number of nitrogens with zero attached hydrogens (tertiary/aromatic N) is 4. The van der Waals surface area contributed by atoms with Crippen molar-refractivity contribution in [2.24, 2.45) is 14.1 Å². The molecule has 0 fully saturated rings. The van der Waals surface area contributed by atoms with Crippen molar-refractivity contribution in [2.45, 2.75) is 0 Å². The van der Waals surface area contributed by atoms with Crippen LogP contribution in [-0.4, -0.2) is 19.1 Å². The molecule has 5 nitrogen and oxygen atoms in total. The SMILES string of the molecule is Cn1c(=O)n(C)c2cc(-c3cccc(-c4cc(-c5cccc(-c6cccc7ccccc67)c5)nc(-c5ccccc5)n4)c3)ccc21. The Bertz CT molecular complexity index is 2470. The van der Waals surface area contributed by atoms with Crippen LogP contribution >= 0.6 is 0 Å². The maximum Gasteiger partial charge on any atom is 0.328 e. The second kappa shape index (κ2) is 11.1. The van der Waals surface area contributed by atoms with Crippen LogP contribution < -0.4 is 5.69 Å². The third-order valence-electron chi connectivity index (χ3n) is 8.78. The van der Waals surface area contributed by atoms with E-state index in [-0.39, 0.29) is 5.69 Å². The number of benzene rings is 6. The van der Waals surface area contributed by atoms with E-state index in [4.69, 9.17) is 9.97 Å². The molecule has 5 heteroatoms. The Morgan fingerprint density at radius 2 is 1.02 bits per heavy atom. The van der Waals surface area contributed by atoms with Crippen molar-refractivity contribution in [2.75, 3.05) is 0 Å². The largest absolute Gasteiger partial charge is 0.328 e. The van der Waals surface area contributed by atoms with E-state index in [0.29, 0.717) is 5.82 Å².